The van der Waals surface area contributed by atoms with Crippen molar-refractivity contribution in [2.75, 3.05) is 0 Å². The minimum Gasteiger partial charge on any atom is -0.313 e. The van der Waals surface area contributed by atoms with Gasteiger partial charge in [-0.25, -0.2) is 4.98 Å². The van der Waals surface area contributed by atoms with Gasteiger partial charge >= 0.3 is 0 Å². The Morgan fingerprint density at radius 1 is 1.38 bits per heavy atom. The molecule has 0 amide bonds. The first-order valence-electron chi connectivity index (χ1n) is 4.86. The topological polar surface area (TPSA) is 45.8 Å². The number of nitrogens with zero attached hydrogens (tertiary/aromatic N) is 1. The van der Waals surface area contributed by atoms with Gasteiger partial charge < -0.3 is 4.98 Å². The van der Waals surface area contributed by atoms with Crippen molar-refractivity contribution in [1.29, 1.82) is 0 Å². The quantitative estimate of drug-likeness (QED) is 0.703. The molecule has 0 aromatic carbocycles. The van der Waals surface area contributed by atoms with Crippen molar-refractivity contribution in [3.63, 3.8) is 0 Å². The fourth-order valence-corrected chi connectivity index (χ4v) is 1.29. The third-order valence-corrected chi connectivity index (χ3v) is 2.09. The van der Waals surface area contributed by atoms with E-state index in [2.05, 4.69) is 16.9 Å². The third-order valence-electron chi connectivity index (χ3n) is 2.09. The lowest BCUT2D eigenvalue weighted by atomic mass is 10.1. The largest absolute Gasteiger partial charge is 0.313 e. The second kappa shape index (κ2) is 5.51. The number of H-pyrrole nitrogens is 1. The molecule has 0 atom stereocenters. The number of hydrogen-bond acceptors (Lipinski definition) is 2. The summed E-state index contributed by atoms with van der Waals surface area (Å²) in [5.74, 6) is 0. The second-order valence-corrected chi connectivity index (χ2v) is 3.22. The maximum Gasteiger partial charge on any atom is 0.253 e. The number of aromatic nitrogens is 2. The highest BCUT2D eigenvalue weighted by atomic mass is 16.1. The summed E-state index contributed by atoms with van der Waals surface area (Å²) in [7, 11) is 0. The lowest BCUT2D eigenvalue weighted by molar-refractivity contribution is 0.663. The van der Waals surface area contributed by atoms with E-state index in [0.717, 1.165) is 18.4 Å². The van der Waals surface area contributed by atoms with Crippen molar-refractivity contribution in [1.82, 2.24) is 9.97 Å². The average Bonchev–Trinajstić information content (AvgIpc) is 2.15. The van der Waals surface area contributed by atoms with Crippen molar-refractivity contribution in [2.45, 2.75) is 39.0 Å². The van der Waals surface area contributed by atoms with Crippen LogP contribution < -0.4 is 5.56 Å². The Labute approximate surface area is 78.2 Å². The van der Waals surface area contributed by atoms with Crippen LogP contribution in [0.3, 0.4) is 0 Å². The van der Waals surface area contributed by atoms with E-state index in [4.69, 9.17) is 0 Å². The van der Waals surface area contributed by atoms with Crippen LogP contribution in [0.25, 0.3) is 0 Å². The van der Waals surface area contributed by atoms with Gasteiger partial charge in [-0.3, -0.25) is 4.79 Å². The van der Waals surface area contributed by atoms with Gasteiger partial charge in [0.15, 0.2) is 0 Å². The van der Waals surface area contributed by atoms with E-state index in [1.165, 1.54) is 25.6 Å². The number of nitrogens with one attached hydrogen (secondary N) is 1. The molecular formula is C10H16N2O. The zero-order chi connectivity index (χ0) is 9.52. The minimum atomic E-state index is 0.00602. The second-order valence-electron chi connectivity index (χ2n) is 3.22. The number of unbranched alkanes of at least 4 members (excludes halogenated alkanes) is 3. The van der Waals surface area contributed by atoms with Gasteiger partial charge in [0.25, 0.3) is 5.56 Å². The Bertz CT molecular complexity index is 293. The molecule has 13 heavy (non-hydrogen) atoms. The first-order chi connectivity index (χ1) is 6.34. The molecule has 0 aliphatic heterocycles. The highest BCUT2D eigenvalue weighted by molar-refractivity contribution is 5.02. The molecule has 1 aromatic heterocycles. The van der Waals surface area contributed by atoms with Gasteiger partial charge in [0.1, 0.15) is 0 Å². The summed E-state index contributed by atoms with van der Waals surface area (Å²) in [4.78, 5) is 17.7. The zero-order valence-corrected chi connectivity index (χ0v) is 8.05. The number of aromatic amines is 1. The molecule has 0 saturated heterocycles. The van der Waals surface area contributed by atoms with Gasteiger partial charge in [0.2, 0.25) is 0 Å². The summed E-state index contributed by atoms with van der Waals surface area (Å²) in [6.45, 7) is 2.18. The van der Waals surface area contributed by atoms with Crippen molar-refractivity contribution < 1.29 is 0 Å². The van der Waals surface area contributed by atoms with Crippen LogP contribution in [0, 0.1) is 0 Å². The third kappa shape index (κ3) is 3.40. The van der Waals surface area contributed by atoms with Gasteiger partial charge in [0.05, 0.1) is 6.33 Å². The van der Waals surface area contributed by atoms with Crippen LogP contribution in [-0.2, 0) is 6.42 Å². The van der Waals surface area contributed by atoms with Gasteiger partial charge in [0, 0.05) is 11.8 Å². The molecule has 1 rings (SSSR count). The number of rotatable bonds is 5. The molecule has 1 aromatic rings. The minimum absolute atomic E-state index is 0.00602. The molecule has 3 nitrogen and oxygen atoms in total. The van der Waals surface area contributed by atoms with Crippen LogP contribution >= 0.6 is 0 Å². The van der Waals surface area contributed by atoms with Gasteiger partial charge in [-0.1, -0.05) is 26.2 Å². The van der Waals surface area contributed by atoms with Crippen molar-refractivity contribution in [3.8, 4) is 0 Å². The summed E-state index contributed by atoms with van der Waals surface area (Å²) in [6, 6.07) is 0. The summed E-state index contributed by atoms with van der Waals surface area (Å²) >= 11 is 0. The standard InChI is InChI=1S/C10H16N2O/c1-2-3-4-5-6-9-7-11-8-12-10(9)13/h7-8H,2-6H2,1H3,(H,11,12,13). The predicted octanol–water partition coefficient (Wildman–Crippen LogP) is 1.89. The van der Waals surface area contributed by atoms with Gasteiger partial charge in [-0.2, -0.15) is 0 Å². The fraction of sp³-hybridized carbons (Fsp3) is 0.600. The molecule has 0 fully saturated rings. The van der Waals surface area contributed by atoms with E-state index < -0.39 is 0 Å². The van der Waals surface area contributed by atoms with E-state index in [1.54, 1.807) is 6.20 Å². The highest BCUT2D eigenvalue weighted by Crippen LogP contribution is 2.02. The van der Waals surface area contributed by atoms with Crippen LogP contribution in [0.1, 0.15) is 38.2 Å². The zero-order valence-electron chi connectivity index (χ0n) is 8.05. The van der Waals surface area contributed by atoms with Crippen LogP contribution in [0.15, 0.2) is 17.3 Å². The summed E-state index contributed by atoms with van der Waals surface area (Å²) < 4.78 is 0. The van der Waals surface area contributed by atoms with E-state index in [1.807, 2.05) is 0 Å². The number of hydrogen-bond donors (Lipinski definition) is 1. The molecule has 0 spiro atoms. The summed E-state index contributed by atoms with van der Waals surface area (Å²) in [6.07, 6.45) is 8.70. The van der Waals surface area contributed by atoms with Crippen molar-refractivity contribution in [3.05, 3.63) is 28.4 Å². The Morgan fingerprint density at radius 3 is 2.92 bits per heavy atom. The smallest absolute Gasteiger partial charge is 0.253 e. The maximum atomic E-state index is 11.2. The van der Waals surface area contributed by atoms with Gasteiger partial charge in [-0.15, -0.1) is 0 Å². The van der Waals surface area contributed by atoms with E-state index in [0.29, 0.717) is 0 Å². The highest BCUT2D eigenvalue weighted by Gasteiger charge is 1.97. The lowest BCUT2D eigenvalue weighted by Crippen LogP contribution is -2.11. The van der Waals surface area contributed by atoms with Crippen molar-refractivity contribution >= 4 is 0 Å². The van der Waals surface area contributed by atoms with Gasteiger partial charge in [-0.05, 0) is 12.8 Å². The average molecular weight is 180 g/mol. The monoisotopic (exact) mass is 180 g/mol. The molecular weight excluding hydrogens is 164 g/mol. The van der Waals surface area contributed by atoms with E-state index in [9.17, 15) is 4.79 Å². The molecule has 0 unspecified atom stereocenters. The molecule has 0 aliphatic carbocycles. The number of aryl methyl sites for hydroxylation is 1. The lowest BCUT2D eigenvalue weighted by Gasteiger charge is -1.98. The summed E-state index contributed by atoms with van der Waals surface area (Å²) in [5, 5.41) is 0. The Balaban J connectivity index is 2.37. The molecule has 1 N–H and O–H groups in total. The molecule has 0 aliphatic rings. The molecule has 3 heteroatoms. The molecule has 0 radical (unpaired) electrons. The predicted molar refractivity (Wildman–Crippen MR) is 52.7 cm³/mol. The maximum absolute atomic E-state index is 11.2. The fourth-order valence-electron chi connectivity index (χ4n) is 1.29. The Kier molecular flexibility index (Phi) is 4.23. The Hall–Kier alpha value is -1.12. The Morgan fingerprint density at radius 2 is 2.23 bits per heavy atom. The SMILES string of the molecule is CCCCCCc1cnc[nH]c1=O. The van der Waals surface area contributed by atoms with Crippen LogP contribution in [0.4, 0.5) is 0 Å². The van der Waals surface area contributed by atoms with E-state index in [-0.39, 0.29) is 5.56 Å². The molecule has 0 saturated carbocycles. The first kappa shape index (κ1) is 9.96. The summed E-state index contributed by atoms with van der Waals surface area (Å²) in [5.41, 5.74) is 0.810. The van der Waals surface area contributed by atoms with Crippen LogP contribution in [0.5, 0.6) is 0 Å². The first-order valence-corrected chi connectivity index (χ1v) is 4.86. The van der Waals surface area contributed by atoms with E-state index >= 15 is 0 Å². The van der Waals surface area contributed by atoms with Crippen LogP contribution in [-0.4, -0.2) is 9.97 Å². The normalized spacial score (nSPS) is 10.2. The molecule has 72 valence electrons. The van der Waals surface area contributed by atoms with Crippen LogP contribution in [0.2, 0.25) is 0 Å². The molecule has 1 heterocycles. The van der Waals surface area contributed by atoms with Crippen molar-refractivity contribution in [2.24, 2.45) is 0 Å². The molecule has 0 bridgehead atoms.